The fourth-order valence-electron chi connectivity index (χ4n) is 2.88. The predicted molar refractivity (Wildman–Crippen MR) is 110 cm³/mol. The molecule has 1 aliphatic rings. The van der Waals surface area contributed by atoms with Crippen molar-refractivity contribution in [2.24, 2.45) is 4.99 Å². The molecule has 1 aliphatic heterocycles. The Morgan fingerprint density at radius 1 is 1.30 bits per heavy atom. The summed E-state index contributed by atoms with van der Waals surface area (Å²) in [5, 5.41) is 7.58. The van der Waals surface area contributed by atoms with Crippen LogP contribution < -0.4 is 10.6 Å². The Kier molecular flexibility index (Phi) is 9.90. The molecule has 0 spiro atoms. The van der Waals surface area contributed by atoms with Crippen molar-refractivity contribution < 1.29 is 0 Å². The molecule has 130 valence electrons. The number of hydrogen-bond acceptors (Lipinski definition) is 2. The van der Waals surface area contributed by atoms with Crippen molar-refractivity contribution in [3.8, 4) is 0 Å². The Balaban J connectivity index is 0.00000264. The van der Waals surface area contributed by atoms with Crippen LogP contribution in [0.25, 0.3) is 0 Å². The normalized spacial score (nSPS) is 16.7. The molecule has 0 aromatic heterocycles. The van der Waals surface area contributed by atoms with E-state index in [-0.39, 0.29) is 24.0 Å². The third-order valence-corrected chi connectivity index (χ3v) is 4.28. The monoisotopic (exact) mass is 450 g/mol. The number of hydrogen-bond donors (Lipinski definition) is 2. The summed E-state index contributed by atoms with van der Waals surface area (Å²) in [5.41, 5.74) is 1.27. The van der Waals surface area contributed by atoms with Gasteiger partial charge < -0.3 is 10.6 Å². The molecule has 0 radical (unpaired) electrons. The van der Waals surface area contributed by atoms with Crippen molar-refractivity contribution >= 4 is 41.5 Å². The Labute approximate surface area is 162 Å². The van der Waals surface area contributed by atoms with Gasteiger partial charge in [0.2, 0.25) is 0 Å². The Morgan fingerprint density at radius 3 is 2.65 bits per heavy atom. The van der Waals surface area contributed by atoms with E-state index < -0.39 is 0 Å². The summed E-state index contributed by atoms with van der Waals surface area (Å²) in [6, 6.07) is 8.54. The van der Waals surface area contributed by atoms with Gasteiger partial charge in [-0.2, -0.15) is 0 Å². The van der Waals surface area contributed by atoms with Crippen molar-refractivity contribution in [3.05, 3.63) is 34.9 Å². The SMILES string of the molecule is CCCNC(=NC)NCC(c1cccc(Cl)c1)N1CCCC1.I. The molecule has 23 heavy (non-hydrogen) atoms. The van der Waals surface area contributed by atoms with E-state index >= 15 is 0 Å². The molecule has 1 fully saturated rings. The maximum Gasteiger partial charge on any atom is 0.191 e. The molecule has 1 aromatic rings. The van der Waals surface area contributed by atoms with Crippen LogP contribution in [0.4, 0.5) is 0 Å². The molecule has 0 amide bonds. The van der Waals surface area contributed by atoms with Crippen LogP contribution in [0.15, 0.2) is 29.3 Å². The Hall–Kier alpha value is -0.530. The first-order chi connectivity index (χ1) is 10.7. The first kappa shape index (κ1) is 20.5. The van der Waals surface area contributed by atoms with Crippen molar-refractivity contribution in [2.45, 2.75) is 32.2 Å². The van der Waals surface area contributed by atoms with Crippen LogP contribution in [0, 0.1) is 0 Å². The lowest BCUT2D eigenvalue weighted by Gasteiger charge is -2.29. The van der Waals surface area contributed by atoms with E-state index in [0.29, 0.717) is 6.04 Å². The highest BCUT2D eigenvalue weighted by atomic mass is 127. The third-order valence-electron chi connectivity index (χ3n) is 4.04. The quantitative estimate of drug-likeness (QED) is 0.395. The van der Waals surface area contributed by atoms with Gasteiger partial charge in [0.15, 0.2) is 5.96 Å². The van der Waals surface area contributed by atoms with Crippen LogP contribution in [0.5, 0.6) is 0 Å². The second kappa shape index (κ2) is 11.1. The second-order valence-corrected chi connectivity index (χ2v) is 6.13. The number of likely N-dealkylation sites (tertiary alicyclic amines) is 1. The maximum atomic E-state index is 6.18. The van der Waals surface area contributed by atoms with Gasteiger partial charge in [0.05, 0.1) is 6.04 Å². The van der Waals surface area contributed by atoms with Gasteiger partial charge in [0.25, 0.3) is 0 Å². The number of nitrogens with one attached hydrogen (secondary N) is 2. The zero-order valence-corrected chi connectivity index (χ0v) is 17.1. The van der Waals surface area contributed by atoms with Gasteiger partial charge in [-0.3, -0.25) is 9.89 Å². The summed E-state index contributed by atoms with van der Waals surface area (Å²) >= 11 is 6.18. The average Bonchev–Trinajstić information content (AvgIpc) is 3.05. The van der Waals surface area contributed by atoms with Gasteiger partial charge in [-0.25, -0.2) is 0 Å². The number of halogens is 2. The fraction of sp³-hybridized carbons (Fsp3) is 0.588. The van der Waals surface area contributed by atoms with Crippen LogP contribution >= 0.6 is 35.6 Å². The zero-order valence-electron chi connectivity index (χ0n) is 14.0. The van der Waals surface area contributed by atoms with E-state index in [9.17, 15) is 0 Å². The molecule has 0 bridgehead atoms. The number of aliphatic imine (C=N–C) groups is 1. The highest BCUT2D eigenvalue weighted by Gasteiger charge is 2.23. The van der Waals surface area contributed by atoms with E-state index in [1.54, 1.807) is 0 Å². The van der Waals surface area contributed by atoms with Crippen molar-refractivity contribution in [1.82, 2.24) is 15.5 Å². The molecule has 1 saturated heterocycles. The summed E-state index contributed by atoms with van der Waals surface area (Å²) < 4.78 is 0. The minimum Gasteiger partial charge on any atom is -0.356 e. The van der Waals surface area contributed by atoms with Gasteiger partial charge in [-0.1, -0.05) is 30.7 Å². The molecular formula is C17H28ClIN4. The summed E-state index contributed by atoms with van der Waals surface area (Å²) in [7, 11) is 1.81. The average molecular weight is 451 g/mol. The maximum absolute atomic E-state index is 6.18. The van der Waals surface area contributed by atoms with Gasteiger partial charge in [0, 0.05) is 25.2 Å². The van der Waals surface area contributed by atoms with Crippen LogP contribution in [0.1, 0.15) is 37.8 Å². The predicted octanol–water partition coefficient (Wildman–Crippen LogP) is 3.67. The fourth-order valence-corrected chi connectivity index (χ4v) is 3.08. The second-order valence-electron chi connectivity index (χ2n) is 5.69. The van der Waals surface area contributed by atoms with Gasteiger partial charge in [-0.05, 0) is 50.0 Å². The smallest absolute Gasteiger partial charge is 0.191 e. The van der Waals surface area contributed by atoms with E-state index in [1.165, 1.54) is 18.4 Å². The van der Waals surface area contributed by atoms with E-state index in [1.807, 2.05) is 19.2 Å². The summed E-state index contributed by atoms with van der Waals surface area (Å²) in [6.07, 6.45) is 3.64. The lowest BCUT2D eigenvalue weighted by Crippen LogP contribution is -2.42. The zero-order chi connectivity index (χ0) is 15.8. The minimum atomic E-state index is 0. The minimum absolute atomic E-state index is 0. The highest BCUT2D eigenvalue weighted by molar-refractivity contribution is 14.0. The molecule has 1 heterocycles. The largest absolute Gasteiger partial charge is 0.356 e. The first-order valence-electron chi connectivity index (χ1n) is 8.18. The number of nitrogens with zero attached hydrogens (tertiary/aromatic N) is 2. The van der Waals surface area contributed by atoms with Crippen LogP contribution in [0.3, 0.4) is 0 Å². The molecule has 2 rings (SSSR count). The topological polar surface area (TPSA) is 39.7 Å². The lowest BCUT2D eigenvalue weighted by atomic mass is 10.1. The highest BCUT2D eigenvalue weighted by Crippen LogP contribution is 2.26. The summed E-state index contributed by atoms with van der Waals surface area (Å²) in [4.78, 5) is 6.82. The lowest BCUT2D eigenvalue weighted by molar-refractivity contribution is 0.245. The van der Waals surface area contributed by atoms with E-state index in [4.69, 9.17) is 11.6 Å². The summed E-state index contributed by atoms with van der Waals surface area (Å²) in [5.74, 6) is 0.869. The molecular weight excluding hydrogens is 423 g/mol. The van der Waals surface area contributed by atoms with E-state index in [2.05, 4.69) is 39.6 Å². The number of guanidine groups is 1. The Bertz CT molecular complexity index is 489. The molecule has 2 N–H and O–H groups in total. The standard InChI is InChI=1S/C17H27ClN4.HI/c1-3-9-20-17(19-2)21-13-16(22-10-4-5-11-22)14-7-6-8-15(18)12-14;/h6-8,12,16H,3-5,9-11,13H2,1-2H3,(H2,19,20,21);1H. The molecule has 1 unspecified atom stereocenters. The van der Waals surface area contributed by atoms with Crippen molar-refractivity contribution in [2.75, 3.05) is 33.2 Å². The van der Waals surface area contributed by atoms with Crippen molar-refractivity contribution in [3.63, 3.8) is 0 Å². The van der Waals surface area contributed by atoms with Crippen LogP contribution in [-0.2, 0) is 0 Å². The molecule has 0 aliphatic carbocycles. The molecule has 4 nitrogen and oxygen atoms in total. The van der Waals surface area contributed by atoms with Gasteiger partial charge in [-0.15, -0.1) is 24.0 Å². The van der Waals surface area contributed by atoms with Crippen LogP contribution in [-0.4, -0.2) is 44.1 Å². The number of benzene rings is 1. The van der Waals surface area contributed by atoms with Crippen LogP contribution in [0.2, 0.25) is 5.02 Å². The van der Waals surface area contributed by atoms with Gasteiger partial charge in [0.1, 0.15) is 0 Å². The van der Waals surface area contributed by atoms with Crippen molar-refractivity contribution in [1.29, 1.82) is 0 Å². The third kappa shape index (κ3) is 6.47. The molecule has 6 heteroatoms. The molecule has 1 aromatic carbocycles. The van der Waals surface area contributed by atoms with E-state index in [0.717, 1.165) is 43.6 Å². The number of rotatable bonds is 6. The molecule has 1 atom stereocenters. The Morgan fingerprint density at radius 2 is 2.04 bits per heavy atom. The van der Waals surface area contributed by atoms with Gasteiger partial charge >= 0.3 is 0 Å². The summed E-state index contributed by atoms with van der Waals surface area (Å²) in [6.45, 7) is 6.23. The first-order valence-corrected chi connectivity index (χ1v) is 8.56. The molecule has 0 saturated carbocycles.